The van der Waals surface area contributed by atoms with Crippen LogP contribution in [0.4, 0.5) is 0 Å². The van der Waals surface area contributed by atoms with Crippen LogP contribution >= 0.6 is 0 Å². The van der Waals surface area contributed by atoms with Crippen LogP contribution in [0.2, 0.25) is 0 Å². The van der Waals surface area contributed by atoms with Gasteiger partial charge in [0.05, 0.1) is 0 Å². The summed E-state index contributed by atoms with van der Waals surface area (Å²) in [6.07, 6.45) is 11.8. The molecule has 2 aliphatic carbocycles. The summed E-state index contributed by atoms with van der Waals surface area (Å²) in [5.74, 6) is 4.77. The van der Waals surface area contributed by atoms with E-state index in [0.29, 0.717) is 0 Å². The number of hydrogen-bond donors (Lipinski definition) is 1. The maximum atomic E-state index is 3.89. The summed E-state index contributed by atoms with van der Waals surface area (Å²) < 4.78 is 0. The molecule has 0 bridgehead atoms. The summed E-state index contributed by atoms with van der Waals surface area (Å²) in [5.41, 5.74) is 0. The van der Waals surface area contributed by atoms with Gasteiger partial charge in [-0.1, -0.05) is 40.5 Å². The van der Waals surface area contributed by atoms with Gasteiger partial charge in [-0.05, 0) is 74.7 Å². The van der Waals surface area contributed by atoms with Crippen molar-refractivity contribution in [3.05, 3.63) is 0 Å². The first-order valence-electron chi connectivity index (χ1n) is 9.35. The Morgan fingerprint density at radius 3 is 2.10 bits per heavy atom. The van der Waals surface area contributed by atoms with E-state index in [0.717, 1.165) is 42.2 Å². The molecule has 0 aliphatic heterocycles. The second kappa shape index (κ2) is 7.82. The Morgan fingerprint density at radius 2 is 1.55 bits per heavy atom. The first-order valence-corrected chi connectivity index (χ1v) is 9.35. The molecule has 0 saturated heterocycles. The van der Waals surface area contributed by atoms with Crippen molar-refractivity contribution in [1.29, 1.82) is 0 Å². The summed E-state index contributed by atoms with van der Waals surface area (Å²) in [6, 6.07) is 0.816. The van der Waals surface area contributed by atoms with Crippen molar-refractivity contribution < 1.29 is 0 Å². The quantitative estimate of drug-likeness (QED) is 0.724. The fourth-order valence-electron chi connectivity index (χ4n) is 4.93. The van der Waals surface area contributed by atoms with E-state index in [1.165, 1.54) is 51.4 Å². The minimum absolute atomic E-state index is 0.816. The Labute approximate surface area is 127 Å². The molecule has 2 saturated carbocycles. The third-order valence-corrected chi connectivity index (χ3v) is 6.19. The van der Waals surface area contributed by atoms with E-state index >= 15 is 0 Å². The molecule has 2 aliphatic rings. The zero-order chi connectivity index (χ0) is 14.5. The zero-order valence-electron chi connectivity index (χ0n) is 14.3. The van der Waals surface area contributed by atoms with E-state index < -0.39 is 0 Å². The Balaban J connectivity index is 1.91. The molecule has 1 heteroatoms. The lowest BCUT2D eigenvalue weighted by Crippen LogP contribution is -2.45. The predicted octanol–water partition coefficient (Wildman–Crippen LogP) is 5.25. The second-order valence-electron chi connectivity index (χ2n) is 8.03. The fraction of sp³-hybridized carbons (Fsp3) is 1.00. The van der Waals surface area contributed by atoms with Crippen LogP contribution in [0.3, 0.4) is 0 Å². The van der Waals surface area contributed by atoms with Gasteiger partial charge < -0.3 is 5.32 Å². The van der Waals surface area contributed by atoms with E-state index in [-0.39, 0.29) is 0 Å². The third-order valence-electron chi connectivity index (χ3n) is 6.19. The van der Waals surface area contributed by atoms with E-state index in [4.69, 9.17) is 0 Å². The molecule has 1 N–H and O–H groups in total. The molecular formula is C19H37N. The van der Waals surface area contributed by atoms with Gasteiger partial charge in [-0.25, -0.2) is 0 Å². The SMILES string of the molecule is CCNC(C1CCC(C(C)C)CC1)C1CCCC(C)C1. The lowest BCUT2D eigenvalue weighted by Gasteiger charge is -2.41. The third kappa shape index (κ3) is 4.23. The summed E-state index contributed by atoms with van der Waals surface area (Å²) in [5, 5.41) is 3.89. The molecule has 0 radical (unpaired) electrons. The van der Waals surface area contributed by atoms with Crippen molar-refractivity contribution in [1.82, 2.24) is 5.32 Å². The fourth-order valence-corrected chi connectivity index (χ4v) is 4.93. The molecule has 2 fully saturated rings. The van der Waals surface area contributed by atoms with E-state index in [2.05, 4.69) is 33.0 Å². The van der Waals surface area contributed by atoms with Crippen molar-refractivity contribution in [2.24, 2.45) is 29.6 Å². The number of nitrogens with one attached hydrogen (secondary N) is 1. The molecule has 0 aromatic carbocycles. The van der Waals surface area contributed by atoms with Crippen LogP contribution in [0.15, 0.2) is 0 Å². The van der Waals surface area contributed by atoms with Gasteiger partial charge in [-0.15, -0.1) is 0 Å². The van der Waals surface area contributed by atoms with Crippen molar-refractivity contribution in [3.8, 4) is 0 Å². The minimum atomic E-state index is 0.816. The highest BCUT2D eigenvalue weighted by atomic mass is 14.9. The van der Waals surface area contributed by atoms with Crippen molar-refractivity contribution in [3.63, 3.8) is 0 Å². The molecule has 0 amide bonds. The highest BCUT2D eigenvalue weighted by molar-refractivity contribution is 4.89. The van der Waals surface area contributed by atoms with Gasteiger partial charge in [-0.2, -0.15) is 0 Å². The Kier molecular flexibility index (Phi) is 6.39. The second-order valence-corrected chi connectivity index (χ2v) is 8.03. The van der Waals surface area contributed by atoms with Gasteiger partial charge in [0.1, 0.15) is 0 Å². The first kappa shape index (κ1) is 16.3. The molecular weight excluding hydrogens is 242 g/mol. The van der Waals surface area contributed by atoms with Gasteiger partial charge in [0.25, 0.3) is 0 Å². The molecule has 1 nitrogen and oxygen atoms in total. The molecule has 118 valence electrons. The van der Waals surface area contributed by atoms with Gasteiger partial charge >= 0.3 is 0 Å². The van der Waals surface area contributed by atoms with Crippen LogP contribution in [0, 0.1) is 29.6 Å². The lowest BCUT2D eigenvalue weighted by molar-refractivity contribution is 0.127. The highest BCUT2D eigenvalue weighted by Gasteiger charge is 2.34. The number of rotatable bonds is 5. The molecule has 0 spiro atoms. The van der Waals surface area contributed by atoms with Gasteiger partial charge in [0, 0.05) is 6.04 Å². The normalized spacial score (nSPS) is 37.0. The molecule has 20 heavy (non-hydrogen) atoms. The standard InChI is InChI=1S/C19H37N/c1-5-20-19(18-8-6-7-15(4)13-18)17-11-9-16(10-12-17)14(2)3/h14-20H,5-13H2,1-4H3. The Hall–Kier alpha value is -0.0400. The average Bonchev–Trinajstić information content (AvgIpc) is 2.45. The Morgan fingerprint density at radius 1 is 0.900 bits per heavy atom. The van der Waals surface area contributed by atoms with E-state index in [1.807, 2.05) is 0 Å². The van der Waals surface area contributed by atoms with Crippen LogP contribution in [0.5, 0.6) is 0 Å². The van der Waals surface area contributed by atoms with Crippen molar-refractivity contribution in [2.75, 3.05) is 6.54 Å². The molecule has 0 aromatic rings. The number of hydrogen-bond acceptors (Lipinski definition) is 1. The monoisotopic (exact) mass is 279 g/mol. The molecule has 3 atom stereocenters. The highest BCUT2D eigenvalue weighted by Crippen LogP contribution is 2.40. The predicted molar refractivity (Wildman–Crippen MR) is 88.9 cm³/mol. The Bertz CT molecular complexity index is 265. The van der Waals surface area contributed by atoms with Crippen molar-refractivity contribution >= 4 is 0 Å². The smallest absolute Gasteiger partial charge is 0.0124 e. The lowest BCUT2D eigenvalue weighted by atomic mass is 9.68. The summed E-state index contributed by atoms with van der Waals surface area (Å²) in [4.78, 5) is 0. The summed E-state index contributed by atoms with van der Waals surface area (Å²) in [7, 11) is 0. The van der Waals surface area contributed by atoms with Crippen LogP contribution in [-0.2, 0) is 0 Å². The summed E-state index contributed by atoms with van der Waals surface area (Å²) in [6.45, 7) is 10.7. The van der Waals surface area contributed by atoms with E-state index in [9.17, 15) is 0 Å². The minimum Gasteiger partial charge on any atom is -0.314 e. The van der Waals surface area contributed by atoms with Crippen molar-refractivity contribution in [2.45, 2.75) is 85.1 Å². The van der Waals surface area contributed by atoms with Gasteiger partial charge in [0.2, 0.25) is 0 Å². The molecule has 2 rings (SSSR count). The maximum absolute atomic E-state index is 3.89. The van der Waals surface area contributed by atoms with Crippen LogP contribution in [0.25, 0.3) is 0 Å². The first-order chi connectivity index (χ1) is 9.61. The van der Waals surface area contributed by atoms with Gasteiger partial charge in [-0.3, -0.25) is 0 Å². The maximum Gasteiger partial charge on any atom is 0.0124 e. The zero-order valence-corrected chi connectivity index (χ0v) is 14.3. The molecule has 0 aromatic heterocycles. The van der Waals surface area contributed by atoms with Gasteiger partial charge in [0.15, 0.2) is 0 Å². The molecule has 0 heterocycles. The topological polar surface area (TPSA) is 12.0 Å². The summed E-state index contributed by atoms with van der Waals surface area (Å²) >= 11 is 0. The van der Waals surface area contributed by atoms with Crippen LogP contribution in [0.1, 0.15) is 79.1 Å². The largest absolute Gasteiger partial charge is 0.314 e. The van der Waals surface area contributed by atoms with Crippen LogP contribution in [-0.4, -0.2) is 12.6 Å². The van der Waals surface area contributed by atoms with E-state index in [1.54, 1.807) is 0 Å². The van der Waals surface area contributed by atoms with Crippen LogP contribution < -0.4 is 5.32 Å². The molecule has 3 unspecified atom stereocenters. The average molecular weight is 280 g/mol.